The van der Waals surface area contributed by atoms with E-state index in [0.29, 0.717) is 16.0 Å². The lowest BCUT2D eigenvalue weighted by atomic mass is 10.1. The van der Waals surface area contributed by atoms with Crippen molar-refractivity contribution < 1.29 is 27.6 Å². The average molecular weight is 414 g/mol. The van der Waals surface area contributed by atoms with Crippen LogP contribution in [0.25, 0.3) is 0 Å². The van der Waals surface area contributed by atoms with Crippen LogP contribution in [0.4, 0.5) is 4.79 Å². The molecule has 2 aromatic carbocycles. The Morgan fingerprint density at radius 2 is 1.41 bits per heavy atom. The van der Waals surface area contributed by atoms with Crippen LogP contribution in [0, 0.1) is 0 Å². The summed E-state index contributed by atoms with van der Waals surface area (Å²) in [6, 6.07) is 13.7. The van der Waals surface area contributed by atoms with E-state index in [0.717, 1.165) is 11.2 Å². The van der Waals surface area contributed by atoms with Gasteiger partial charge in [-0.2, -0.15) is 0 Å². The van der Waals surface area contributed by atoms with Crippen molar-refractivity contribution >= 4 is 33.5 Å². The Labute approximate surface area is 167 Å². The highest BCUT2D eigenvalue weighted by molar-refractivity contribution is 7.89. The van der Waals surface area contributed by atoms with Gasteiger partial charge in [-0.1, -0.05) is 54.6 Å². The van der Waals surface area contributed by atoms with Crippen molar-refractivity contribution in [3.05, 3.63) is 71.3 Å². The van der Waals surface area contributed by atoms with E-state index in [-0.39, 0.29) is 17.9 Å². The summed E-state index contributed by atoms with van der Waals surface area (Å²) in [4.78, 5) is 50.8. The number of carbonyl (C=O) groups is 4. The summed E-state index contributed by atoms with van der Waals surface area (Å²) in [6.45, 7) is -0.630. The Bertz CT molecular complexity index is 1080. The second-order valence-corrected chi connectivity index (χ2v) is 8.88. The number of ketones is 1. The van der Waals surface area contributed by atoms with E-state index in [4.69, 9.17) is 0 Å². The number of hydrogen-bond acceptors (Lipinski definition) is 6. The third-order valence-electron chi connectivity index (χ3n) is 4.33. The minimum absolute atomic E-state index is 0.0604. The topological polar surface area (TPSA) is 109 Å². The standard InChI is InChI=1S/C20H18N2O6S/c1-29(27,28)13-15-7-9-16(10-8-15)17(23)12-22-19(25)18(24)21(20(22)26)11-14-5-3-2-4-6-14/h2-10H,11-13H2,1H3. The minimum atomic E-state index is -3.21. The van der Waals surface area contributed by atoms with Crippen LogP contribution >= 0.6 is 0 Å². The van der Waals surface area contributed by atoms with Crippen LogP contribution in [0.1, 0.15) is 21.5 Å². The number of benzene rings is 2. The summed E-state index contributed by atoms with van der Waals surface area (Å²) in [7, 11) is -3.21. The number of urea groups is 1. The molecule has 0 N–H and O–H groups in total. The molecule has 0 bridgehead atoms. The molecular formula is C20H18N2O6S. The molecular weight excluding hydrogens is 396 g/mol. The highest BCUT2D eigenvalue weighted by Gasteiger charge is 2.45. The molecule has 150 valence electrons. The SMILES string of the molecule is CS(=O)(=O)Cc1ccc(C(=O)CN2C(=O)C(=O)N(Cc3ccccc3)C2=O)cc1. The molecule has 8 nitrogen and oxygen atoms in total. The molecule has 9 heteroatoms. The fourth-order valence-electron chi connectivity index (χ4n) is 2.92. The van der Waals surface area contributed by atoms with E-state index < -0.39 is 40.0 Å². The van der Waals surface area contributed by atoms with Gasteiger partial charge < -0.3 is 0 Å². The van der Waals surface area contributed by atoms with E-state index in [1.165, 1.54) is 24.3 Å². The molecule has 1 heterocycles. The first-order valence-electron chi connectivity index (χ1n) is 8.67. The van der Waals surface area contributed by atoms with Crippen LogP contribution in [0.15, 0.2) is 54.6 Å². The molecule has 1 aliphatic heterocycles. The molecule has 29 heavy (non-hydrogen) atoms. The number of amides is 4. The zero-order chi connectivity index (χ0) is 21.2. The van der Waals surface area contributed by atoms with Gasteiger partial charge in [0.05, 0.1) is 18.8 Å². The Balaban J connectivity index is 1.70. The van der Waals surface area contributed by atoms with Crippen molar-refractivity contribution in [1.82, 2.24) is 9.80 Å². The van der Waals surface area contributed by atoms with E-state index in [2.05, 4.69) is 0 Å². The van der Waals surface area contributed by atoms with Crippen LogP contribution < -0.4 is 0 Å². The summed E-state index contributed by atoms with van der Waals surface area (Å²) >= 11 is 0. The van der Waals surface area contributed by atoms with Crippen molar-refractivity contribution in [2.45, 2.75) is 12.3 Å². The van der Waals surface area contributed by atoms with E-state index in [9.17, 15) is 27.6 Å². The summed E-state index contributed by atoms with van der Waals surface area (Å²) in [5.41, 5.74) is 1.40. The largest absolute Gasteiger partial charge is 0.334 e. The molecule has 0 aliphatic carbocycles. The number of sulfone groups is 1. The number of hydrogen-bond donors (Lipinski definition) is 0. The summed E-state index contributed by atoms with van der Waals surface area (Å²) in [5.74, 6) is -2.72. The van der Waals surface area contributed by atoms with Gasteiger partial charge in [-0.3, -0.25) is 19.3 Å². The molecule has 0 saturated carbocycles. The third kappa shape index (κ3) is 4.75. The lowest BCUT2D eigenvalue weighted by Crippen LogP contribution is -2.36. The van der Waals surface area contributed by atoms with Crippen LogP contribution in [-0.2, 0) is 31.7 Å². The first kappa shape index (κ1) is 20.4. The number of Topliss-reactive ketones (excluding diaryl/α,β-unsaturated/α-hetero) is 1. The molecule has 0 unspecified atom stereocenters. The number of rotatable bonds is 7. The molecule has 1 fully saturated rings. The monoisotopic (exact) mass is 414 g/mol. The molecule has 0 radical (unpaired) electrons. The lowest BCUT2D eigenvalue weighted by molar-refractivity contribution is -0.143. The first-order chi connectivity index (χ1) is 13.7. The second kappa shape index (κ2) is 7.96. The number of nitrogens with zero attached hydrogens (tertiary/aromatic N) is 2. The maximum Gasteiger partial charge on any atom is 0.334 e. The van der Waals surface area contributed by atoms with Crippen molar-refractivity contribution in [1.29, 1.82) is 0 Å². The zero-order valence-corrected chi connectivity index (χ0v) is 16.4. The summed E-state index contributed by atoms with van der Waals surface area (Å²) in [5, 5.41) is 0. The smallest absolute Gasteiger partial charge is 0.292 e. The van der Waals surface area contributed by atoms with Crippen molar-refractivity contribution in [3.63, 3.8) is 0 Å². The number of carbonyl (C=O) groups excluding carboxylic acids is 4. The summed E-state index contributed by atoms with van der Waals surface area (Å²) in [6.07, 6.45) is 1.11. The van der Waals surface area contributed by atoms with Gasteiger partial charge in [0.25, 0.3) is 0 Å². The number of imide groups is 2. The lowest BCUT2D eigenvalue weighted by Gasteiger charge is -2.15. The Kier molecular flexibility index (Phi) is 5.60. The normalized spacial score (nSPS) is 14.6. The quantitative estimate of drug-likeness (QED) is 0.385. The molecule has 3 rings (SSSR count). The summed E-state index contributed by atoms with van der Waals surface area (Å²) < 4.78 is 22.7. The van der Waals surface area contributed by atoms with Gasteiger partial charge in [0, 0.05) is 11.8 Å². The van der Waals surface area contributed by atoms with Gasteiger partial charge >= 0.3 is 17.8 Å². The average Bonchev–Trinajstić information content (AvgIpc) is 2.86. The zero-order valence-electron chi connectivity index (χ0n) is 15.6. The molecule has 0 atom stereocenters. The predicted molar refractivity (Wildman–Crippen MR) is 103 cm³/mol. The van der Waals surface area contributed by atoms with E-state index >= 15 is 0 Å². The van der Waals surface area contributed by atoms with Crippen molar-refractivity contribution in [2.75, 3.05) is 12.8 Å². The third-order valence-corrected chi connectivity index (χ3v) is 5.18. The van der Waals surface area contributed by atoms with Gasteiger partial charge in [0.2, 0.25) is 0 Å². The predicted octanol–water partition coefficient (Wildman–Crippen LogP) is 1.40. The second-order valence-electron chi connectivity index (χ2n) is 6.74. The van der Waals surface area contributed by atoms with E-state index in [1.807, 2.05) is 0 Å². The Hall–Kier alpha value is -3.33. The highest BCUT2D eigenvalue weighted by Crippen LogP contribution is 2.17. The molecule has 0 spiro atoms. The van der Waals surface area contributed by atoms with Gasteiger partial charge in [0.1, 0.15) is 0 Å². The molecule has 4 amide bonds. The Morgan fingerprint density at radius 1 is 0.828 bits per heavy atom. The van der Waals surface area contributed by atoms with Gasteiger partial charge in [-0.05, 0) is 11.1 Å². The fraction of sp³-hybridized carbons (Fsp3) is 0.200. The van der Waals surface area contributed by atoms with Crippen molar-refractivity contribution in [2.24, 2.45) is 0 Å². The maximum absolute atomic E-state index is 12.5. The molecule has 1 aliphatic rings. The van der Waals surface area contributed by atoms with Crippen LogP contribution in [-0.4, -0.2) is 54.6 Å². The van der Waals surface area contributed by atoms with Crippen molar-refractivity contribution in [3.8, 4) is 0 Å². The van der Waals surface area contributed by atoms with Gasteiger partial charge in [-0.25, -0.2) is 18.1 Å². The fourth-order valence-corrected chi connectivity index (χ4v) is 3.72. The van der Waals surface area contributed by atoms with Gasteiger partial charge in [0.15, 0.2) is 15.6 Å². The van der Waals surface area contributed by atoms with E-state index in [1.54, 1.807) is 30.3 Å². The maximum atomic E-state index is 12.5. The minimum Gasteiger partial charge on any atom is -0.292 e. The Morgan fingerprint density at radius 3 is 2.00 bits per heavy atom. The molecule has 0 aromatic heterocycles. The first-order valence-corrected chi connectivity index (χ1v) is 10.7. The van der Waals surface area contributed by atoms with Crippen LogP contribution in [0.5, 0.6) is 0 Å². The van der Waals surface area contributed by atoms with Crippen LogP contribution in [0.3, 0.4) is 0 Å². The van der Waals surface area contributed by atoms with Gasteiger partial charge in [-0.15, -0.1) is 0 Å². The molecule has 1 saturated heterocycles. The highest BCUT2D eigenvalue weighted by atomic mass is 32.2. The van der Waals surface area contributed by atoms with Crippen LogP contribution in [0.2, 0.25) is 0 Å². The molecule has 2 aromatic rings.